The van der Waals surface area contributed by atoms with Crippen molar-refractivity contribution in [2.75, 3.05) is 18.5 Å². The lowest BCUT2D eigenvalue weighted by molar-refractivity contribution is -0.137. The Bertz CT molecular complexity index is 1420. The summed E-state index contributed by atoms with van der Waals surface area (Å²) in [5, 5.41) is 22.1. The first-order valence-corrected chi connectivity index (χ1v) is 13.0. The first-order chi connectivity index (χ1) is 18.1. The standard InChI is InChI=1S/C31H33N3O4/c1-18-10-22(38-17-31(3,4)16-32)11-19(2)29(18)25-7-5-6-24-23(25)8-9-26(24)34-21-13-27-30(33-14-21)20(15-37-27)12-28(35)36/h5-7,10-11,13-14,20,26,34H,8-9,12,15,17H2,1-4H3,(H,35,36)/t20?,26-/m1/s1. The number of aryl methyl sites for hydroxylation is 2. The van der Waals surface area contributed by atoms with Gasteiger partial charge in [0.1, 0.15) is 18.1 Å². The molecule has 196 valence electrons. The van der Waals surface area contributed by atoms with Crippen LogP contribution in [0.4, 0.5) is 5.69 Å². The van der Waals surface area contributed by atoms with Gasteiger partial charge in [-0.2, -0.15) is 5.26 Å². The molecule has 1 aliphatic heterocycles. The summed E-state index contributed by atoms with van der Waals surface area (Å²) in [6.07, 6.45) is 3.74. The Hall–Kier alpha value is -4.05. The van der Waals surface area contributed by atoms with Gasteiger partial charge in [-0.05, 0) is 86.1 Å². The van der Waals surface area contributed by atoms with Gasteiger partial charge >= 0.3 is 5.97 Å². The molecule has 0 saturated heterocycles. The highest BCUT2D eigenvalue weighted by Crippen LogP contribution is 2.43. The predicted molar refractivity (Wildman–Crippen MR) is 146 cm³/mol. The number of hydrogen-bond donors (Lipinski definition) is 2. The van der Waals surface area contributed by atoms with E-state index in [9.17, 15) is 10.1 Å². The van der Waals surface area contributed by atoms with Gasteiger partial charge in [-0.3, -0.25) is 9.78 Å². The number of aromatic nitrogens is 1. The quantitative estimate of drug-likeness (QED) is 0.363. The summed E-state index contributed by atoms with van der Waals surface area (Å²) in [6, 6.07) is 15.0. The lowest BCUT2D eigenvalue weighted by atomic mass is 9.90. The minimum absolute atomic E-state index is 0.0232. The largest absolute Gasteiger partial charge is 0.492 e. The van der Waals surface area contributed by atoms with Crippen LogP contribution in [0.2, 0.25) is 0 Å². The van der Waals surface area contributed by atoms with Crippen LogP contribution in [-0.2, 0) is 11.2 Å². The fraction of sp³-hybridized carbons (Fsp3) is 0.387. The number of carbonyl (C=O) groups is 1. The molecule has 0 spiro atoms. The topological polar surface area (TPSA) is 104 Å². The molecule has 3 aromatic rings. The number of carboxylic acid groups (broad SMARTS) is 1. The Morgan fingerprint density at radius 3 is 2.74 bits per heavy atom. The highest BCUT2D eigenvalue weighted by molar-refractivity contribution is 5.77. The van der Waals surface area contributed by atoms with Crippen molar-refractivity contribution in [1.29, 1.82) is 5.26 Å². The molecule has 1 unspecified atom stereocenters. The van der Waals surface area contributed by atoms with Gasteiger partial charge in [0.15, 0.2) is 0 Å². The molecule has 38 heavy (non-hydrogen) atoms. The highest BCUT2D eigenvalue weighted by atomic mass is 16.5. The van der Waals surface area contributed by atoms with Crippen LogP contribution in [0.5, 0.6) is 11.5 Å². The summed E-state index contributed by atoms with van der Waals surface area (Å²) >= 11 is 0. The molecular weight excluding hydrogens is 478 g/mol. The van der Waals surface area contributed by atoms with E-state index in [0.29, 0.717) is 19.0 Å². The molecule has 2 N–H and O–H groups in total. The van der Waals surface area contributed by atoms with Crippen molar-refractivity contribution < 1.29 is 19.4 Å². The van der Waals surface area contributed by atoms with E-state index in [1.54, 1.807) is 6.20 Å². The number of rotatable bonds is 8. The van der Waals surface area contributed by atoms with Crippen LogP contribution < -0.4 is 14.8 Å². The SMILES string of the molecule is Cc1cc(OCC(C)(C)C#N)cc(C)c1-c1cccc2c1CC[C@H]2Nc1cnc2c(c1)OCC2CC(=O)O. The van der Waals surface area contributed by atoms with Crippen molar-refractivity contribution in [3.8, 4) is 28.7 Å². The first kappa shape index (κ1) is 25.6. The van der Waals surface area contributed by atoms with Gasteiger partial charge in [0.2, 0.25) is 0 Å². The van der Waals surface area contributed by atoms with Gasteiger partial charge in [0.05, 0.1) is 48.1 Å². The average Bonchev–Trinajstić information content (AvgIpc) is 3.46. The zero-order chi connectivity index (χ0) is 27.0. The normalized spacial score (nSPS) is 17.8. The van der Waals surface area contributed by atoms with E-state index in [1.807, 2.05) is 19.9 Å². The van der Waals surface area contributed by atoms with Gasteiger partial charge in [0.25, 0.3) is 0 Å². The van der Waals surface area contributed by atoms with E-state index in [0.717, 1.165) is 41.1 Å². The molecular formula is C31H33N3O4. The number of fused-ring (bicyclic) bond motifs is 2. The van der Waals surface area contributed by atoms with Crippen LogP contribution in [0.1, 0.15) is 66.6 Å². The maximum absolute atomic E-state index is 11.1. The molecule has 0 radical (unpaired) electrons. The summed E-state index contributed by atoms with van der Waals surface area (Å²) in [5.74, 6) is 0.410. The van der Waals surface area contributed by atoms with Crippen molar-refractivity contribution in [3.63, 3.8) is 0 Å². The number of ether oxygens (including phenoxy) is 2. The minimum Gasteiger partial charge on any atom is -0.492 e. The highest BCUT2D eigenvalue weighted by Gasteiger charge is 2.30. The lowest BCUT2D eigenvalue weighted by Gasteiger charge is -2.20. The predicted octanol–water partition coefficient (Wildman–Crippen LogP) is 6.34. The molecule has 0 bridgehead atoms. The summed E-state index contributed by atoms with van der Waals surface area (Å²) < 4.78 is 11.7. The van der Waals surface area contributed by atoms with E-state index < -0.39 is 11.4 Å². The third-order valence-electron chi connectivity index (χ3n) is 7.42. The van der Waals surface area contributed by atoms with Gasteiger partial charge < -0.3 is 19.9 Å². The summed E-state index contributed by atoms with van der Waals surface area (Å²) in [5.41, 5.74) is 8.46. The first-order valence-electron chi connectivity index (χ1n) is 13.0. The van der Waals surface area contributed by atoms with Gasteiger partial charge in [-0.25, -0.2) is 0 Å². The van der Waals surface area contributed by atoms with Gasteiger partial charge in [-0.1, -0.05) is 18.2 Å². The molecule has 2 heterocycles. The summed E-state index contributed by atoms with van der Waals surface area (Å²) in [6.45, 7) is 8.68. The molecule has 0 amide bonds. The van der Waals surface area contributed by atoms with Crippen LogP contribution >= 0.6 is 0 Å². The molecule has 1 aliphatic carbocycles. The van der Waals surface area contributed by atoms with Crippen LogP contribution in [0.3, 0.4) is 0 Å². The Morgan fingerprint density at radius 2 is 2.03 bits per heavy atom. The summed E-state index contributed by atoms with van der Waals surface area (Å²) in [7, 11) is 0. The Labute approximate surface area is 223 Å². The fourth-order valence-electron chi connectivity index (χ4n) is 5.56. The molecule has 5 rings (SSSR count). The van der Waals surface area contributed by atoms with Crippen molar-refractivity contribution in [3.05, 3.63) is 70.5 Å². The molecule has 0 saturated carbocycles. The Morgan fingerprint density at radius 1 is 1.26 bits per heavy atom. The number of benzene rings is 2. The monoisotopic (exact) mass is 511 g/mol. The van der Waals surface area contributed by atoms with Crippen LogP contribution in [0.25, 0.3) is 11.1 Å². The third-order valence-corrected chi connectivity index (χ3v) is 7.42. The molecule has 2 atom stereocenters. The van der Waals surface area contributed by atoms with Crippen LogP contribution in [-0.4, -0.2) is 29.3 Å². The molecule has 7 nitrogen and oxygen atoms in total. The number of anilines is 1. The second-order valence-electron chi connectivity index (χ2n) is 11.0. The zero-order valence-corrected chi connectivity index (χ0v) is 22.3. The van der Waals surface area contributed by atoms with Crippen molar-refractivity contribution in [2.45, 2.75) is 58.9 Å². The molecule has 2 aliphatic rings. The minimum atomic E-state index is -0.843. The van der Waals surface area contributed by atoms with Crippen molar-refractivity contribution in [1.82, 2.24) is 4.98 Å². The average molecular weight is 512 g/mol. The Kier molecular flexibility index (Phi) is 6.75. The number of carboxylic acids is 1. The fourth-order valence-corrected chi connectivity index (χ4v) is 5.56. The van der Waals surface area contributed by atoms with E-state index in [4.69, 9.17) is 14.6 Å². The molecule has 1 aromatic heterocycles. The number of pyridine rings is 1. The van der Waals surface area contributed by atoms with E-state index in [-0.39, 0.29) is 18.4 Å². The zero-order valence-electron chi connectivity index (χ0n) is 22.3. The van der Waals surface area contributed by atoms with E-state index >= 15 is 0 Å². The van der Waals surface area contributed by atoms with Gasteiger partial charge in [-0.15, -0.1) is 0 Å². The van der Waals surface area contributed by atoms with Gasteiger partial charge in [0, 0.05) is 12.0 Å². The second kappa shape index (κ2) is 10.0. The number of aliphatic carboxylic acids is 1. The van der Waals surface area contributed by atoms with Crippen molar-refractivity contribution >= 4 is 11.7 Å². The maximum atomic E-state index is 11.1. The summed E-state index contributed by atoms with van der Waals surface area (Å²) in [4.78, 5) is 15.7. The van der Waals surface area contributed by atoms with E-state index in [2.05, 4.69) is 60.5 Å². The smallest absolute Gasteiger partial charge is 0.304 e. The Balaban J connectivity index is 1.37. The number of nitrogens with zero attached hydrogens (tertiary/aromatic N) is 2. The molecule has 7 heteroatoms. The van der Waals surface area contributed by atoms with Crippen molar-refractivity contribution in [2.24, 2.45) is 5.41 Å². The van der Waals surface area contributed by atoms with Crippen LogP contribution in [0.15, 0.2) is 42.6 Å². The number of nitriles is 1. The molecule has 0 fully saturated rings. The molecule has 2 aromatic carbocycles. The number of nitrogens with one attached hydrogen (secondary N) is 1. The second-order valence-corrected chi connectivity index (χ2v) is 11.0. The third kappa shape index (κ3) is 5.04. The maximum Gasteiger partial charge on any atom is 0.304 e. The van der Waals surface area contributed by atoms with E-state index in [1.165, 1.54) is 22.3 Å². The lowest BCUT2D eigenvalue weighted by Crippen LogP contribution is -2.19. The van der Waals surface area contributed by atoms with Crippen LogP contribution in [0, 0.1) is 30.6 Å². The number of hydrogen-bond acceptors (Lipinski definition) is 6.